The van der Waals surface area contributed by atoms with Gasteiger partial charge < -0.3 is 4.42 Å². The van der Waals surface area contributed by atoms with Crippen molar-refractivity contribution in [2.24, 2.45) is 0 Å². The average Bonchev–Trinajstić information content (AvgIpc) is 2.60. The molecule has 0 amide bonds. The molecule has 0 aliphatic carbocycles. The van der Waals surface area contributed by atoms with Gasteiger partial charge in [0.25, 0.3) is 0 Å². The normalized spacial score (nSPS) is 10.7. The van der Waals surface area contributed by atoms with E-state index in [4.69, 9.17) is 27.6 Å². The molecule has 2 heterocycles. The van der Waals surface area contributed by atoms with Crippen LogP contribution < -0.4 is 0 Å². The van der Waals surface area contributed by atoms with Crippen molar-refractivity contribution in [3.63, 3.8) is 0 Å². The molecular weight excluding hydrogens is 303 g/mol. The van der Waals surface area contributed by atoms with E-state index in [1.807, 2.05) is 6.92 Å². The van der Waals surface area contributed by atoms with Crippen molar-refractivity contribution >= 4 is 39.1 Å². The van der Waals surface area contributed by atoms with Gasteiger partial charge in [0.05, 0.1) is 16.3 Å². The Morgan fingerprint density at radius 2 is 1.87 bits per heavy atom. The van der Waals surface area contributed by atoms with Crippen molar-refractivity contribution in [1.82, 2.24) is 9.97 Å². The van der Waals surface area contributed by atoms with Crippen molar-refractivity contribution in [3.8, 4) is 11.4 Å². The first kappa shape index (κ1) is 10.9. The molecule has 15 heavy (non-hydrogen) atoms. The summed E-state index contributed by atoms with van der Waals surface area (Å²) in [5, 5.41) is 0.566. The number of nitrogens with zero attached hydrogens (tertiary/aromatic N) is 2. The summed E-state index contributed by atoms with van der Waals surface area (Å²) in [6, 6.07) is 1.77. The van der Waals surface area contributed by atoms with E-state index in [1.54, 1.807) is 12.3 Å². The maximum Gasteiger partial charge on any atom is 0.166 e. The highest BCUT2D eigenvalue weighted by Gasteiger charge is 2.13. The first-order valence-corrected chi connectivity index (χ1v) is 5.57. The molecule has 0 radical (unpaired) electrons. The lowest BCUT2D eigenvalue weighted by Gasteiger charge is -2.02. The SMILES string of the molecule is Cc1occc1-c1nc(Cl)c(Br)c(Cl)n1. The summed E-state index contributed by atoms with van der Waals surface area (Å²) < 4.78 is 5.65. The molecule has 2 aromatic rings. The quantitative estimate of drug-likeness (QED) is 0.744. The number of furan rings is 1. The molecule has 2 rings (SSSR count). The van der Waals surface area contributed by atoms with E-state index in [0.29, 0.717) is 10.3 Å². The smallest absolute Gasteiger partial charge is 0.166 e. The maximum atomic E-state index is 5.88. The predicted octanol–water partition coefficient (Wildman–Crippen LogP) is 4.11. The third kappa shape index (κ3) is 2.02. The standard InChI is InChI=1S/C9H5BrCl2N2O/c1-4-5(2-3-15-4)9-13-7(11)6(10)8(12)14-9/h2-3H,1H3. The van der Waals surface area contributed by atoms with E-state index >= 15 is 0 Å². The Kier molecular flexibility index (Phi) is 3.00. The fraction of sp³-hybridized carbons (Fsp3) is 0.111. The molecule has 0 N–H and O–H groups in total. The molecule has 78 valence electrons. The zero-order chi connectivity index (χ0) is 11.0. The summed E-state index contributed by atoms with van der Waals surface area (Å²) >= 11 is 14.9. The summed E-state index contributed by atoms with van der Waals surface area (Å²) in [6.07, 6.45) is 1.57. The molecule has 0 bridgehead atoms. The second-order valence-electron chi connectivity index (χ2n) is 2.83. The Labute approximate surface area is 105 Å². The zero-order valence-corrected chi connectivity index (χ0v) is 10.7. The van der Waals surface area contributed by atoms with E-state index in [2.05, 4.69) is 25.9 Å². The van der Waals surface area contributed by atoms with Crippen molar-refractivity contribution in [2.75, 3.05) is 0 Å². The van der Waals surface area contributed by atoms with Crippen LogP contribution in [0.5, 0.6) is 0 Å². The Morgan fingerprint density at radius 3 is 2.33 bits per heavy atom. The second kappa shape index (κ2) is 4.12. The van der Waals surface area contributed by atoms with Gasteiger partial charge in [0.1, 0.15) is 16.1 Å². The molecule has 0 aromatic carbocycles. The summed E-state index contributed by atoms with van der Waals surface area (Å²) in [5.74, 6) is 1.18. The van der Waals surface area contributed by atoms with Gasteiger partial charge in [-0.3, -0.25) is 0 Å². The number of aromatic nitrogens is 2. The molecule has 6 heteroatoms. The number of halogens is 3. The molecule has 0 spiro atoms. The van der Waals surface area contributed by atoms with Gasteiger partial charge in [-0.2, -0.15) is 0 Å². The highest BCUT2D eigenvalue weighted by atomic mass is 79.9. The molecule has 0 aliphatic rings. The molecule has 0 fully saturated rings. The Bertz CT molecular complexity index is 490. The van der Waals surface area contributed by atoms with Crippen molar-refractivity contribution < 1.29 is 4.42 Å². The third-order valence-corrected chi connectivity index (χ3v) is 3.62. The van der Waals surface area contributed by atoms with Gasteiger partial charge in [-0.25, -0.2) is 9.97 Å². The van der Waals surface area contributed by atoms with Gasteiger partial charge >= 0.3 is 0 Å². The molecule has 0 saturated carbocycles. The monoisotopic (exact) mass is 306 g/mol. The molecule has 0 unspecified atom stereocenters. The van der Waals surface area contributed by atoms with E-state index in [-0.39, 0.29) is 10.3 Å². The van der Waals surface area contributed by atoms with Gasteiger partial charge in [-0.05, 0) is 28.9 Å². The van der Waals surface area contributed by atoms with Crippen LogP contribution in [-0.2, 0) is 0 Å². The highest BCUT2D eigenvalue weighted by Crippen LogP contribution is 2.30. The van der Waals surface area contributed by atoms with Gasteiger partial charge in [0.15, 0.2) is 5.82 Å². The van der Waals surface area contributed by atoms with Crippen LogP contribution in [0.25, 0.3) is 11.4 Å². The van der Waals surface area contributed by atoms with Crippen LogP contribution in [0.2, 0.25) is 10.3 Å². The number of rotatable bonds is 1. The minimum absolute atomic E-state index is 0.283. The van der Waals surface area contributed by atoms with E-state index < -0.39 is 0 Å². The fourth-order valence-electron chi connectivity index (χ4n) is 1.13. The molecule has 0 atom stereocenters. The van der Waals surface area contributed by atoms with Gasteiger partial charge in [0, 0.05) is 0 Å². The first-order chi connectivity index (χ1) is 7.09. The third-order valence-electron chi connectivity index (χ3n) is 1.87. The van der Waals surface area contributed by atoms with Crippen molar-refractivity contribution in [3.05, 3.63) is 32.9 Å². The van der Waals surface area contributed by atoms with Crippen LogP contribution in [-0.4, -0.2) is 9.97 Å². The van der Waals surface area contributed by atoms with Crippen LogP contribution in [0.3, 0.4) is 0 Å². The minimum Gasteiger partial charge on any atom is -0.469 e. The summed E-state index contributed by atoms with van der Waals surface area (Å²) in [6.45, 7) is 1.82. The predicted molar refractivity (Wildman–Crippen MR) is 62.2 cm³/mol. The van der Waals surface area contributed by atoms with Crippen molar-refractivity contribution in [1.29, 1.82) is 0 Å². The van der Waals surface area contributed by atoms with Gasteiger partial charge in [0.2, 0.25) is 0 Å². The Hall–Kier alpha value is -0.580. The van der Waals surface area contributed by atoms with Crippen molar-refractivity contribution in [2.45, 2.75) is 6.92 Å². The molecular formula is C9H5BrCl2N2O. The van der Waals surface area contributed by atoms with Crippen LogP contribution in [0.15, 0.2) is 21.2 Å². The Morgan fingerprint density at radius 1 is 1.27 bits per heavy atom. The van der Waals surface area contributed by atoms with Gasteiger partial charge in [-0.1, -0.05) is 23.2 Å². The average molecular weight is 308 g/mol. The highest BCUT2D eigenvalue weighted by molar-refractivity contribution is 9.10. The molecule has 3 nitrogen and oxygen atoms in total. The molecule has 0 saturated heterocycles. The second-order valence-corrected chi connectivity index (χ2v) is 4.34. The Balaban J connectivity index is 2.60. The number of hydrogen-bond acceptors (Lipinski definition) is 3. The number of hydrogen-bond donors (Lipinski definition) is 0. The molecule has 2 aromatic heterocycles. The zero-order valence-electron chi connectivity index (χ0n) is 7.59. The van der Waals surface area contributed by atoms with Crippen LogP contribution in [0, 0.1) is 6.92 Å². The topological polar surface area (TPSA) is 38.9 Å². The number of aryl methyl sites for hydroxylation is 1. The molecule has 0 aliphatic heterocycles. The maximum absolute atomic E-state index is 5.88. The van der Waals surface area contributed by atoms with E-state index in [0.717, 1.165) is 11.3 Å². The lowest BCUT2D eigenvalue weighted by Crippen LogP contribution is -1.91. The van der Waals surface area contributed by atoms with Crippen LogP contribution >= 0.6 is 39.1 Å². The minimum atomic E-state index is 0.283. The van der Waals surface area contributed by atoms with Crippen LogP contribution in [0.1, 0.15) is 5.76 Å². The largest absolute Gasteiger partial charge is 0.469 e. The fourth-order valence-corrected chi connectivity index (χ4v) is 1.70. The lowest BCUT2D eigenvalue weighted by atomic mass is 10.2. The lowest BCUT2D eigenvalue weighted by molar-refractivity contribution is 0.535. The van der Waals surface area contributed by atoms with E-state index in [9.17, 15) is 0 Å². The van der Waals surface area contributed by atoms with Gasteiger partial charge in [-0.15, -0.1) is 0 Å². The summed E-state index contributed by atoms with van der Waals surface area (Å²) in [7, 11) is 0. The first-order valence-electron chi connectivity index (χ1n) is 4.02. The summed E-state index contributed by atoms with van der Waals surface area (Å²) in [5.41, 5.74) is 0.784. The van der Waals surface area contributed by atoms with Crippen LogP contribution in [0.4, 0.5) is 0 Å². The summed E-state index contributed by atoms with van der Waals surface area (Å²) in [4.78, 5) is 8.20. The van der Waals surface area contributed by atoms with E-state index in [1.165, 1.54) is 0 Å².